The van der Waals surface area contributed by atoms with Gasteiger partial charge >= 0.3 is 0 Å². The smallest absolute Gasteiger partial charge is 0.181 e. The van der Waals surface area contributed by atoms with Crippen molar-refractivity contribution >= 4 is 15.9 Å². The molecule has 1 unspecified atom stereocenters. The normalized spacial score (nSPS) is 26.1. The molecule has 1 saturated heterocycles. The third kappa shape index (κ3) is 4.33. The highest BCUT2D eigenvalue weighted by molar-refractivity contribution is 9.10. The molecule has 0 amide bonds. The summed E-state index contributed by atoms with van der Waals surface area (Å²) in [5.74, 6) is 0.665. The van der Waals surface area contributed by atoms with E-state index < -0.39 is 24.5 Å². The van der Waals surface area contributed by atoms with E-state index in [1.165, 1.54) is 7.11 Å². The van der Waals surface area contributed by atoms with Crippen LogP contribution in [0.1, 0.15) is 6.42 Å². The fourth-order valence-corrected chi connectivity index (χ4v) is 2.39. The molecule has 2 rings (SSSR count). The van der Waals surface area contributed by atoms with Gasteiger partial charge in [0.1, 0.15) is 11.9 Å². The van der Waals surface area contributed by atoms with Crippen molar-refractivity contribution in [2.45, 2.75) is 31.0 Å². The van der Waals surface area contributed by atoms with E-state index >= 15 is 0 Å². The Morgan fingerprint density at radius 1 is 1.52 bits per heavy atom. The summed E-state index contributed by atoms with van der Waals surface area (Å²) in [5.41, 5.74) is 8.67. The van der Waals surface area contributed by atoms with E-state index in [4.69, 9.17) is 19.7 Å². The molecule has 1 aliphatic rings. The zero-order valence-electron chi connectivity index (χ0n) is 11.4. The maximum atomic E-state index is 9.66. The first-order valence-corrected chi connectivity index (χ1v) is 7.22. The number of halogens is 1. The molecule has 4 atom stereocenters. The highest BCUT2D eigenvalue weighted by Crippen LogP contribution is 2.26. The summed E-state index contributed by atoms with van der Waals surface area (Å²) in [4.78, 5) is 2.82. The Morgan fingerprint density at radius 3 is 2.81 bits per heavy atom. The largest absolute Gasteiger partial charge is 0.493 e. The van der Waals surface area contributed by atoms with Crippen LogP contribution in [0.25, 0.3) is 10.4 Å². The molecule has 1 aromatic rings. The molecule has 0 spiro atoms. The number of hydrogen-bond acceptors (Lipinski definition) is 5. The van der Waals surface area contributed by atoms with Crippen molar-refractivity contribution in [1.29, 1.82) is 0 Å². The van der Waals surface area contributed by atoms with Gasteiger partial charge in [0.25, 0.3) is 0 Å². The van der Waals surface area contributed by atoms with Crippen molar-refractivity contribution in [2.75, 3.05) is 13.7 Å². The zero-order chi connectivity index (χ0) is 15.2. The number of aliphatic hydroxyl groups is 1. The minimum Gasteiger partial charge on any atom is -0.493 e. The van der Waals surface area contributed by atoms with E-state index in [1.807, 2.05) is 12.1 Å². The monoisotopic (exact) mass is 357 g/mol. The molecular weight excluding hydrogens is 342 g/mol. The van der Waals surface area contributed by atoms with Crippen molar-refractivity contribution in [3.05, 3.63) is 39.2 Å². The van der Waals surface area contributed by atoms with Crippen molar-refractivity contribution in [3.8, 4) is 5.75 Å². The minimum atomic E-state index is -1.01. The van der Waals surface area contributed by atoms with Crippen LogP contribution in [0, 0.1) is 0 Å². The molecule has 1 aliphatic heterocycles. The molecule has 1 fully saturated rings. The van der Waals surface area contributed by atoms with Crippen molar-refractivity contribution < 1.29 is 19.3 Å². The van der Waals surface area contributed by atoms with Gasteiger partial charge in [0.15, 0.2) is 6.29 Å². The third-order valence-corrected chi connectivity index (χ3v) is 3.79. The van der Waals surface area contributed by atoms with Gasteiger partial charge in [-0.25, -0.2) is 0 Å². The summed E-state index contributed by atoms with van der Waals surface area (Å²) in [6.45, 7) is 0.166. The first-order valence-electron chi connectivity index (χ1n) is 6.43. The Bertz CT molecular complexity index is 507. The highest BCUT2D eigenvalue weighted by Gasteiger charge is 2.38. The van der Waals surface area contributed by atoms with E-state index in [2.05, 4.69) is 26.0 Å². The number of aliphatic hydroxyl groups excluding tert-OH is 1. The molecule has 8 heteroatoms. The van der Waals surface area contributed by atoms with Crippen LogP contribution in [0.3, 0.4) is 0 Å². The fraction of sp³-hybridized carbons (Fsp3) is 0.538. The van der Waals surface area contributed by atoms with Crippen LogP contribution < -0.4 is 4.74 Å². The molecule has 0 aromatic heterocycles. The molecule has 0 aliphatic carbocycles. The van der Waals surface area contributed by atoms with Crippen molar-refractivity contribution in [1.82, 2.24) is 0 Å². The summed E-state index contributed by atoms with van der Waals surface area (Å²) < 4.78 is 17.0. The first kappa shape index (κ1) is 16.1. The van der Waals surface area contributed by atoms with Crippen LogP contribution in [-0.4, -0.2) is 43.4 Å². The number of azide groups is 1. The number of nitrogens with zero attached hydrogens (tertiary/aromatic N) is 3. The van der Waals surface area contributed by atoms with E-state index in [0.29, 0.717) is 12.2 Å². The van der Waals surface area contributed by atoms with Crippen LogP contribution in [-0.2, 0) is 9.47 Å². The lowest BCUT2D eigenvalue weighted by molar-refractivity contribution is -0.138. The van der Waals surface area contributed by atoms with Crippen LogP contribution in [0.4, 0.5) is 0 Å². The summed E-state index contributed by atoms with van der Waals surface area (Å²) in [6.07, 6.45) is -1.41. The minimum absolute atomic E-state index is 0.166. The molecule has 1 heterocycles. The molecule has 21 heavy (non-hydrogen) atoms. The van der Waals surface area contributed by atoms with E-state index in [-0.39, 0.29) is 6.61 Å². The number of methoxy groups -OCH3 is 1. The Morgan fingerprint density at radius 2 is 2.24 bits per heavy atom. The van der Waals surface area contributed by atoms with Crippen LogP contribution in [0.5, 0.6) is 5.75 Å². The molecule has 114 valence electrons. The maximum Gasteiger partial charge on any atom is 0.181 e. The second-order valence-electron chi connectivity index (χ2n) is 4.61. The summed E-state index contributed by atoms with van der Waals surface area (Å²) in [6, 6.07) is 6.79. The predicted molar refractivity (Wildman–Crippen MR) is 78.9 cm³/mol. The lowest BCUT2D eigenvalue weighted by Gasteiger charge is -2.18. The molecule has 1 aromatic carbocycles. The average molecular weight is 358 g/mol. The van der Waals surface area contributed by atoms with Gasteiger partial charge in [0.05, 0.1) is 18.8 Å². The zero-order valence-corrected chi connectivity index (χ0v) is 13.0. The van der Waals surface area contributed by atoms with Gasteiger partial charge in [-0.15, -0.1) is 0 Å². The molecule has 0 bridgehead atoms. The van der Waals surface area contributed by atoms with Crippen LogP contribution in [0.15, 0.2) is 33.9 Å². The summed E-state index contributed by atoms with van der Waals surface area (Å²) >= 11 is 3.34. The predicted octanol–water partition coefficient (Wildman–Crippen LogP) is 2.63. The van der Waals surface area contributed by atoms with Crippen molar-refractivity contribution in [2.24, 2.45) is 5.11 Å². The quantitative estimate of drug-likeness (QED) is 0.480. The van der Waals surface area contributed by atoms with Gasteiger partial charge < -0.3 is 19.3 Å². The number of rotatable bonds is 6. The Balaban J connectivity index is 1.96. The average Bonchev–Trinajstić information content (AvgIpc) is 2.86. The van der Waals surface area contributed by atoms with E-state index in [1.54, 1.807) is 12.1 Å². The van der Waals surface area contributed by atoms with Crippen molar-refractivity contribution in [3.63, 3.8) is 0 Å². The lowest BCUT2D eigenvalue weighted by atomic mass is 10.1. The Labute approximate surface area is 130 Å². The van der Waals surface area contributed by atoms with Gasteiger partial charge in [-0.2, -0.15) is 0 Å². The molecule has 0 radical (unpaired) electrons. The highest BCUT2D eigenvalue weighted by atomic mass is 79.9. The number of ether oxygens (including phenoxy) is 3. The summed E-state index contributed by atoms with van der Waals surface area (Å²) in [7, 11) is 1.50. The number of hydrogen-bond donors (Lipinski definition) is 1. The van der Waals surface area contributed by atoms with Crippen LogP contribution >= 0.6 is 15.9 Å². The Hall–Kier alpha value is -1.31. The third-order valence-electron chi connectivity index (χ3n) is 3.26. The topological polar surface area (TPSA) is 96.7 Å². The standard InChI is InChI=1S/C13H16BrN3O4/c1-19-12-6-11(21-13(12)18)10(16-17-15)7-20-9-4-2-8(14)3-5-9/h2-5,10-13,18H,6-7H2,1H3/t10-,11-,12+,13?/m0/s1. The van der Waals surface area contributed by atoms with Gasteiger partial charge in [-0.1, -0.05) is 21.0 Å². The van der Waals surface area contributed by atoms with E-state index in [0.717, 1.165) is 4.47 Å². The van der Waals surface area contributed by atoms with E-state index in [9.17, 15) is 5.11 Å². The molecular formula is C13H16BrN3O4. The fourth-order valence-electron chi connectivity index (χ4n) is 2.12. The molecule has 0 saturated carbocycles. The summed E-state index contributed by atoms with van der Waals surface area (Å²) in [5, 5.41) is 13.4. The second kappa shape index (κ2) is 7.63. The van der Waals surface area contributed by atoms with Gasteiger partial charge in [-0.05, 0) is 29.8 Å². The Kier molecular flexibility index (Phi) is 5.84. The first-order chi connectivity index (χ1) is 10.1. The van der Waals surface area contributed by atoms with Gasteiger partial charge in [0.2, 0.25) is 0 Å². The number of benzene rings is 1. The second-order valence-corrected chi connectivity index (χ2v) is 5.53. The SMILES string of the molecule is CO[C@@H]1C[C@@H]([C@H](COc2ccc(Br)cc2)N=[N+]=[N-])OC1O. The molecule has 7 nitrogen and oxygen atoms in total. The maximum absolute atomic E-state index is 9.66. The van der Waals surface area contributed by atoms with Gasteiger partial charge in [-0.3, -0.25) is 0 Å². The van der Waals surface area contributed by atoms with Gasteiger partial charge in [0, 0.05) is 22.9 Å². The molecule has 1 N–H and O–H groups in total. The lowest BCUT2D eigenvalue weighted by Crippen LogP contribution is -2.30. The van der Waals surface area contributed by atoms with Crippen LogP contribution in [0.2, 0.25) is 0 Å².